The Morgan fingerprint density at radius 3 is 2.42 bits per heavy atom. The Morgan fingerprint density at radius 1 is 1.22 bits per heavy atom. The molecule has 0 unspecified atom stereocenters. The summed E-state index contributed by atoms with van der Waals surface area (Å²) in [4.78, 5) is 52.5. The van der Waals surface area contributed by atoms with Gasteiger partial charge in [-0.05, 0) is 37.0 Å². The van der Waals surface area contributed by atoms with Crippen molar-refractivity contribution in [2.75, 3.05) is 13.7 Å². The summed E-state index contributed by atoms with van der Waals surface area (Å²) < 4.78 is 4.64. The van der Waals surface area contributed by atoms with E-state index in [1.165, 1.54) is 30.2 Å². The summed E-state index contributed by atoms with van der Waals surface area (Å²) in [5.41, 5.74) is 2.50. The summed E-state index contributed by atoms with van der Waals surface area (Å²) in [6.45, 7) is 7.40. The lowest BCUT2D eigenvalue weighted by molar-refractivity contribution is -0.384. The summed E-state index contributed by atoms with van der Waals surface area (Å²) in [6.07, 6.45) is 1.45. The first-order chi connectivity index (χ1) is 17.2. The van der Waals surface area contributed by atoms with Gasteiger partial charge in [-0.15, -0.1) is 6.58 Å². The van der Waals surface area contributed by atoms with Crippen LogP contribution in [0.2, 0.25) is 0 Å². The van der Waals surface area contributed by atoms with Crippen LogP contribution < -0.4 is 0 Å². The van der Waals surface area contributed by atoms with E-state index in [1.54, 1.807) is 24.0 Å². The number of esters is 1. The fraction of sp³-hybridized carbons (Fsp3) is 0.296. The van der Waals surface area contributed by atoms with Crippen LogP contribution in [0.3, 0.4) is 0 Å². The van der Waals surface area contributed by atoms with Gasteiger partial charge in [-0.2, -0.15) is 0 Å². The maximum Gasteiger partial charge on any atom is 0.315 e. The summed E-state index contributed by atoms with van der Waals surface area (Å²) in [7, 11) is 1.20. The van der Waals surface area contributed by atoms with Crippen molar-refractivity contribution in [1.82, 2.24) is 9.80 Å². The van der Waals surface area contributed by atoms with E-state index in [4.69, 9.17) is 0 Å². The maximum atomic E-state index is 14.1. The van der Waals surface area contributed by atoms with E-state index in [2.05, 4.69) is 11.3 Å². The number of rotatable bonds is 9. The Balaban J connectivity index is 2.08. The lowest BCUT2D eigenvalue weighted by Gasteiger charge is -2.43. The first-order valence-electron chi connectivity index (χ1n) is 11.5. The molecule has 2 aromatic rings. The zero-order valence-corrected chi connectivity index (χ0v) is 20.5. The molecule has 0 fully saturated rings. The van der Waals surface area contributed by atoms with Crippen LogP contribution in [0, 0.1) is 10.1 Å². The van der Waals surface area contributed by atoms with Crippen molar-refractivity contribution in [2.24, 2.45) is 0 Å². The molecule has 0 spiro atoms. The highest BCUT2D eigenvalue weighted by atomic mass is 16.6. The number of amides is 2. The van der Waals surface area contributed by atoms with Crippen LogP contribution >= 0.6 is 0 Å². The van der Waals surface area contributed by atoms with Gasteiger partial charge in [-0.1, -0.05) is 48.5 Å². The van der Waals surface area contributed by atoms with Crippen molar-refractivity contribution in [2.45, 2.75) is 38.8 Å². The quantitative estimate of drug-likeness (QED) is 0.168. The van der Waals surface area contributed by atoms with E-state index in [1.807, 2.05) is 37.3 Å². The van der Waals surface area contributed by atoms with Crippen LogP contribution in [0.15, 0.2) is 78.5 Å². The number of nitro groups is 1. The molecule has 9 nitrogen and oxygen atoms in total. The fourth-order valence-corrected chi connectivity index (χ4v) is 4.45. The molecule has 2 aromatic carbocycles. The number of carbonyl (C=O) groups is 3. The van der Waals surface area contributed by atoms with E-state index in [-0.39, 0.29) is 29.9 Å². The van der Waals surface area contributed by atoms with Gasteiger partial charge in [0.2, 0.25) is 5.91 Å². The summed E-state index contributed by atoms with van der Waals surface area (Å²) in [5.74, 6) is -1.64. The minimum Gasteiger partial charge on any atom is -0.469 e. The number of ether oxygens (including phenoxy) is 1. The Labute approximate surface area is 209 Å². The third-order valence-corrected chi connectivity index (χ3v) is 6.27. The monoisotopic (exact) mass is 491 g/mol. The standard InChI is InChI=1S/C27H29N3O6/c1-5-15-28(24(31)17-25(32)36-4)26-18(2)16-23(21-9-7-6-8-10-21)29(27(26)33)19(3)20-11-13-22(14-12-20)30(34)35/h5-14,19,23H,1,15-17H2,2-4H3/t19-,23+/m0/s1. The number of nitro benzene ring substituents is 1. The van der Waals surface area contributed by atoms with E-state index >= 15 is 0 Å². The minimum atomic E-state index is -0.700. The lowest BCUT2D eigenvalue weighted by atomic mass is 9.89. The smallest absolute Gasteiger partial charge is 0.315 e. The molecule has 0 saturated carbocycles. The molecule has 1 aliphatic heterocycles. The Bertz CT molecular complexity index is 1190. The topological polar surface area (TPSA) is 110 Å². The Morgan fingerprint density at radius 2 is 1.86 bits per heavy atom. The van der Waals surface area contributed by atoms with Gasteiger partial charge in [0.25, 0.3) is 11.6 Å². The number of hydrogen-bond acceptors (Lipinski definition) is 6. The average Bonchev–Trinajstić information content (AvgIpc) is 2.87. The molecule has 9 heteroatoms. The van der Waals surface area contributed by atoms with Gasteiger partial charge < -0.3 is 14.5 Å². The van der Waals surface area contributed by atoms with Crippen LogP contribution in [0.1, 0.15) is 49.9 Å². The summed E-state index contributed by atoms with van der Waals surface area (Å²) in [5, 5.41) is 11.1. The first kappa shape index (κ1) is 26.3. The molecule has 36 heavy (non-hydrogen) atoms. The molecule has 0 N–H and O–H groups in total. The largest absolute Gasteiger partial charge is 0.469 e. The van der Waals surface area contributed by atoms with Crippen molar-refractivity contribution >= 4 is 23.5 Å². The molecule has 3 rings (SSSR count). The third kappa shape index (κ3) is 5.51. The van der Waals surface area contributed by atoms with E-state index in [0.29, 0.717) is 17.6 Å². The second kappa shape index (κ2) is 11.4. The van der Waals surface area contributed by atoms with E-state index in [9.17, 15) is 24.5 Å². The minimum absolute atomic E-state index is 0.0440. The molecule has 0 radical (unpaired) electrons. The molecule has 0 aromatic heterocycles. The number of nitrogens with zero attached hydrogens (tertiary/aromatic N) is 3. The third-order valence-electron chi connectivity index (χ3n) is 6.27. The number of methoxy groups -OCH3 is 1. The van der Waals surface area contributed by atoms with Crippen molar-refractivity contribution < 1.29 is 24.0 Å². The lowest BCUT2D eigenvalue weighted by Crippen LogP contribution is -2.47. The van der Waals surface area contributed by atoms with Crippen LogP contribution in [0.25, 0.3) is 0 Å². The van der Waals surface area contributed by atoms with Crippen LogP contribution in [0.4, 0.5) is 5.69 Å². The highest BCUT2D eigenvalue weighted by Gasteiger charge is 2.40. The van der Waals surface area contributed by atoms with Gasteiger partial charge in [-0.3, -0.25) is 24.5 Å². The summed E-state index contributed by atoms with van der Waals surface area (Å²) in [6, 6.07) is 14.9. The van der Waals surface area contributed by atoms with Gasteiger partial charge in [0, 0.05) is 18.7 Å². The van der Waals surface area contributed by atoms with Crippen molar-refractivity contribution in [3.8, 4) is 0 Å². The van der Waals surface area contributed by atoms with E-state index < -0.39 is 29.3 Å². The average molecular weight is 492 g/mol. The van der Waals surface area contributed by atoms with Crippen LogP contribution in [0.5, 0.6) is 0 Å². The second-order valence-corrected chi connectivity index (χ2v) is 8.54. The predicted octanol–water partition coefficient (Wildman–Crippen LogP) is 4.48. The van der Waals surface area contributed by atoms with Crippen LogP contribution in [-0.2, 0) is 19.1 Å². The van der Waals surface area contributed by atoms with Crippen molar-refractivity contribution in [3.63, 3.8) is 0 Å². The molecule has 1 aliphatic rings. The number of non-ortho nitro benzene ring substituents is 1. The maximum absolute atomic E-state index is 14.1. The zero-order chi connectivity index (χ0) is 26.4. The van der Waals surface area contributed by atoms with Gasteiger partial charge in [0.1, 0.15) is 12.1 Å². The Kier molecular flexibility index (Phi) is 8.37. The molecule has 0 saturated heterocycles. The molecule has 2 atom stereocenters. The molecular weight excluding hydrogens is 462 g/mol. The van der Waals surface area contributed by atoms with Crippen LogP contribution in [-0.4, -0.2) is 46.2 Å². The van der Waals surface area contributed by atoms with Gasteiger partial charge in [0.05, 0.1) is 24.1 Å². The molecule has 1 heterocycles. The van der Waals surface area contributed by atoms with Crippen molar-refractivity contribution in [1.29, 1.82) is 0 Å². The first-order valence-corrected chi connectivity index (χ1v) is 11.5. The van der Waals surface area contributed by atoms with Gasteiger partial charge >= 0.3 is 5.97 Å². The molecule has 0 aliphatic carbocycles. The summed E-state index contributed by atoms with van der Waals surface area (Å²) >= 11 is 0. The molecule has 2 amide bonds. The fourth-order valence-electron chi connectivity index (χ4n) is 4.45. The normalized spacial score (nSPS) is 16.4. The molecule has 188 valence electrons. The number of benzene rings is 2. The SMILES string of the molecule is C=CCN(C(=O)CC(=O)OC)C1=C(C)C[C@H](c2ccccc2)N([C@@H](C)c2ccc([N+](=O)[O-])cc2)C1=O. The van der Waals surface area contributed by atoms with Gasteiger partial charge in [0.15, 0.2) is 0 Å². The number of carbonyl (C=O) groups excluding carboxylic acids is 3. The molecule has 0 bridgehead atoms. The zero-order valence-electron chi connectivity index (χ0n) is 20.5. The van der Waals surface area contributed by atoms with E-state index in [0.717, 1.165) is 5.56 Å². The highest BCUT2D eigenvalue weighted by Crippen LogP contribution is 2.41. The predicted molar refractivity (Wildman–Crippen MR) is 133 cm³/mol. The second-order valence-electron chi connectivity index (χ2n) is 8.54. The van der Waals surface area contributed by atoms with Crippen molar-refractivity contribution in [3.05, 3.63) is 99.8 Å². The number of hydrogen-bond donors (Lipinski definition) is 0. The highest BCUT2D eigenvalue weighted by molar-refractivity contribution is 6.02. The Hall–Kier alpha value is -4.27. The van der Waals surface area contributed by atoms with Gasteiger partial charge in [-0.25, -0.2) is 0 Å². The molecular formula is C27H29N3O6.